The van der Waals surface area contributed by atoms with Crippen molar-refractivity contribution < 1.29 is 18.8 Å². The van der Waals surface area contributed by atoms with E-state index in [2.05, 4.69) is 71.1 Å². The number of ether oxygens (including phenoxy) is 1. The van der Waals surface area contributed by atoms with Gasteiger partial charge in [0.25, 0.3) is 8.32 Å². The lowest BCUT2D eigenvalue weighted by molar-refractivity contribution is -0.138. The van der Waals surface area contributed by atoms with Crippen molar-refractivity contribution in [3.05, 3.63) is 95.6 Å². The summed E-state index contributed by atoms with van der Waals surface area (Å²) in [4.78, 5) is 26.9. The minimum Gasteiger partial charge on any atom is -0.517 e. The summed E-state index contributed by atoms with van der Waals surface area (Å²) in [5.74, 6) is -0.430. The van der Waals surface area contributed by atoms with Gasteiger partial charge < -0.3 is 14.5 Å². The number of carbonyl (C=O) groups excluding carboxylic acids is 2. The summed E-state index contributed by atoms with van der Waals surface area (Å²) in [5.41, 5.74) is 6.32. The molecule has 0 unspecified atom stereocenters. The van der Waals surface area contributed by atoms with Crippen molar-refractivity contribution in [1.29, 1.82) is 0 Å². The Morgan fingerprint density at radius 3 is 1.74 bits per heavy atom. The van der Waals surface area contributed by atoms with Crippen molar-refractivity contribution in [3.8, 4) is 11.1 Å². The molecule has 6 heteroatoms. The molecule has 0 spiro atoms. The second-order valence-corrected chi connectivity index (χ2v) is 16.8. The summed E-state index contributed by atoms with van der Waals surface area (Å²) >= 11 is 0. The number of fused-ring (bicyclic) bond motifs is 3. The lowest BCUT2D eigenvalue weighted by Crippen LogP contribution is -2.54. The molecule has 0 saturated carbocycles. The van der Waals surface area contributed by atoms with E-state index in [9.17, 15) is 9.59 Å². The molecule has 0 fully saturated rings. The highest BCUT2D eigenvalue weighted by Gasteiger charge is 2.49. The third kappa shape index (κ3) is 5.96. The third-order valence-electron chi connectivity index (χ3n) is 8.19. The average molecular weight is 544 g/mol. The van der Waals surface area contributed by atoms with Crippen LogP contribution in [0.2, 0.25) is 16.6 Å². The van der Waals surface area contributed by atoms with Crippen LogP contribution in [0.3, 0.4) is 0 Å². The topological polar surface area (TPSA) is 64.6 Å². The zero-order valence-electron chi connectivity index (χ0n) is 23.9. The quantitative estimate of drug-likeness (QED) is 0.264. The van der Waals surface area contributed by atoms with Gasteiger partial charge in [0.15, 0.2) is 0 Å². The smallest absolute Gasteiger partial charge is 0.407 e. The molecule has 0 saturated heterocycles. The molecule has 3 aromatic carbocycles. The normalized spacial score (nSPS) is 13.8. The minimum absolute atomic E-state index is 0.0504. The Morgan fingerprint density at radius 1 is 0.744 bits per heavy atom. The Hall–Kier alpha value is -3.38. The molecule has 1 aliphatic carbocycles. The highest BCUT2D eigenvalue weighted by Crippen LogP contribution is 2.45. The molecule has 0 aliphatic heterocycles. The van der Waals surface area contributed by atoms with Gasteiger partial charge >= 0.3 is 12.1 Å². The highest BCUT2D eigenvalue weighted by molar-refractivity contribution is 6.79. The van der Waals surface area contributed by atoms with Crippen LogP contribution in [0.4, 0.5) is 4.79 Å². The van der Waals surface area contributed by atoms with Gasteiger partial charge in [-0.15, -0.1) is 0 Å². The summed E-state index contributed by atoms with van der Waals surface area (Å²) in [5, 5.41) is 2.86. The van der Waals surface area contributed by atoms with Crippen LogP contribution >= 0.6 is 0 Å². The number of alkyl carbamates (subject to hydrolysis) is 1. The van der Waals surface area contributed by atoms with Crippen molar-refractivity contribution in [1.82, 2.24) is 5.32 Å². The number of amides is 1. The van der Waals surface area contributed by atoms with Gasteiger partial charge in [-0.3, -0.25) is 4.79 Å². The fourth-order valence-electron chi connectivity index (χ4n) is 6.42. The van der Waals surface area contributed by atoms with Crippen molar-refractivity contribution in [2.75, 3.05) is 6.61 Å². The lowest BCUT2D eigenvalue weighted by atomic mass is 9.98. The Bertz CT molecular complexity index is 1220. The number of rotatable bonds is 10. The standard InChI is InChI=1S/C33H41NO4Si/c1-22(2)39(23(3)4,24(5)6)38-32(35)31(20-25-14-8-7-9-15-25)34-33(36)37-21-30-28-18-12-10-16-26(28)27-17-11-13-19-29(27)30/h7-19,22-24,30-31H,20-21H2,1-6H3,(H,34,36)/t31-/m0/s1. The summed E-state index contributed by atoms with van der Waals surface area (Å²) < 4.78 is 12.2. The number of hydrogen-bond acceptors (Lipinski definition) is 4. The van der Waals surface area contributed by atoms with Crippen LogP contribution in [-0.4, -0.2) is 33.0 Å². The van der Waals surface area contributed by atoms with Crippen LogP contribution in [-0.2, 0) is 20.4 Å². The summed E-state index contributed by atoms with van der Waals surface area (Å²) in [7, 11) is -2.48. The van der Waals surface area contributed by atoms with Gasteiger partial charge in [0, 0.05) is 12.3 Å². The first-order valence-electron chi connectivity index (χ1n) is 14.0. The second kappa shape index (κ2) is 12.2. The van der Waals surface area contributed by atoms with Gasteiger partial charge in [-0.25, -0.2) is 4.79 Å². The first-order valence-corrected chi connectivity index (χ1v) is 16.2. The maximum absolute atomic E-state index is 13.7. The zero-order valence-corrected chi connectivity index (χ0v) is 24.9. The zero-order chi connectivity index (χ0) is 28.2. The van der Waals surface area contributed by atoms with Crippen LogP contribution in [0.1, 0.15) is 64.2 Å². The molecule has 3 aromatic rings. The second-order valence-electron chi connectivity index (χ2n) is 11.5. The van der Waals surface area contributed by atoms with E-state index in [1.54, 1.807) is 0 Å². The van der Waals surface area contributed by atoms with E-state index in [1.807, 2.05) is 54.6 Å². The molecule has 0 radical (unpaired) electrons. The Labute approximate surface area is 234 Å². The van der Waals surface area contributed by atoms with Crippen molar-refractivity contribution >= 4 is 20.4 Å². The third-order valence-corrected chi connectivity index (χ3v) is 14.2. The van der Waals surface area contributed by atoms with E-state index in [4.69, 9.17) is 9.16 Å². The van der Waals surface area contributed by atoms with Gasteiger partial charge in [0.1, 0.15) is 12.6 Å². The number of benzene rings is 3. The Balaban J connectivity index is 1.52. The van der Waals surface area contributed by atoms with Crippen molar-refractivity contribution in [2.45, 2.75) is 76.5 Å². The molecule has 0 aromatic heterocycles. The SMILES string of the molecule is CC(C)[Si](OC(=O)[C@H](Cc1ccccc1)NC(=O)OCC1c2ccccc2-c2ccccc21)(C(C)C)C(C)C. The van der Waals surface area contributed by atoms with Gasteiger partial charge in [0.05, 0.1) is 0 Å². The van der Waals surface area contributed by atoms with Gasteiger partial charge in [0.2, 0.25) is 0 Å². The van der Waals surface area contributed by atoms with Crippen LogP contribution in [0.25, 0.3) is 11.1 Å². The van der Waals surface area contributed by atoms with Gasteiger partial charge in [-0.05, 0) is 44.4 Å². The fourth-order valence-corrected chi connectivity index (χ4v) is 11.6. The molecule has 206 valence electrons. The van der Waals surface area contributed by atoms with E-state index >= 15 is 0 Å². The van der Waals surface area contributed by atoms with E-state index in [0.717, 1.165) is 16.7 Å². The highest BCUT2D eigenvalue weighted by atomic mass is 28.4. The van der Waals surface area contributed by atoms with E-state index in [1.165, 1.54) is 11.1 Å². The molecule has 1 amide bonds. The number of nitrogens with one attached hydrogen (secondary N) is 1. The van der Waals surface area contributed by atoms with Crippen LogP contribution < -0.4 is 5.32 Å². The molecule has 5 nitrogen and oxygen atoms in total. The van der Waals surface area contributed by atoms with E-state index in [0.29, 0.717) is 6.42 Å². The molecule has 1 aliphatic rings. The molecular weight excluding hydrogens is 502 g/mol. The monoisotopic (exact) mass is 543 g/mol. The number of hydrogen-bond donors (Lipinski definition) is 1. The average Bonchev–Trinajstić information content (AvgIpc) is 3.23. The van der Waals surface area contributed by atoms with Gasteiger partial charge in [-0.2, -0.15) is 0 Å². The molecular formula is C33H41NO4Si. The molecule has 1 atom stereocenters. The maximum Gasteiger partial charge on any atom is 0.407 e. The first kappa shape index (κ1) is 28.6. The fraction of sp³-hybridized carbons (Fsp3) is 0.394. The Kier molecular flexibility index (Phi) is 8.96. The largest absolute Gasteiger partial charge is 0.517 e. The summed E-state index contributed by atoms with van der Waals surface area (Å²) in [6.07, 6.45) is -0.275. The summed E-state index contributed by atoms with van der Waals surface area (Å²) in [6, 6.07) is 25.3. The molecule has 1 N–H and O–H groups in total. The van der Waals surface area contributed by atoms with Crippen LogP contribution in [0, 0.1) is 0 Å². The van der Waals surface area contributed by atoms with E-state index < -0.39 is 20.5 Å². The van der Waals surface area contributed by atoms with Gasteiger partial charge in [-0.1, -0.05) is 120 Å². The van der Waals surface area contributed by atoms with E-state index in [-0.39, 0.29) is 35.1 Å². The molecule has 39 heavy (non-hydrogen) atoms. The molecule has 0 bridgehead atoms. The first-order chi connectivity index (χ1) is 18.6. The minimum atomic E-state index is -2.48. The molecule has 0 heterocycles. The number of carbonyl (C=O) groups is 2. The maximum atomic E-state index is 13.7. The van der Waals surface area contributed by atoms with Crippen LogP contribution in [0.15, 0.2) is 78.9 Å². The summed E-state index contributed by atoms with van der Waals surface area (Å²) in [6.45, 7) is 13.1. The molecule has 4 rings (SSSR count). The van der Waals surface area contributed by atoms with Crippen molar-refractivity contribution in [2.24, 2.45) is 0 Å². The lowest BCUT2D eigenvalue weighted by Gasteiger charge is -2.42. The van der Waals surface area contributed by atoms with Crippen molar-refractivity contribution in [3.63, 3.8) is 0 Å². The predicted molar refractivity (Wildman–Crippen MR) is 159 cm³/mol. The van der Waals surface area contributed by atoms with Crippen LogP contribution in [0.5, 0.6) is 0 Å². The Morgan fingerprint density at radius 2 is 1.23 bits per heavy atom. The predicted octanol–water partition coefficient (Wildman–Crippen LogP) is 7.86.